The zero-order chi connectivity index (χ0) is 16.4. The molecule has 1 aliphatic rings. The van der Waals surface area contributed by atoms with Gasteiger partial charge in [-0.1, -0.05) is 26.8 Å². The van der Waals surface area contributed by atoms with Crippen LogP contribution in [-0.4, -0.2) is 46.9 Å². The van der Waals surface area contributed by atoms with Crippen molar-refractivity contribution in [2.24, 2.45) is 5.41 Å². The van der Waals surface area contributed by atoms with Crippen molar-refractivity contribution < 1.29 is 4.79 Å². The molecule has 0 spiro atoms. The Morgan fingerprint density at radius 1 is 1.22 bits per heavy atom. The number of amides is 1. The van der Waals surface area contributed by atoms with Crippen molar-refractivity contribution in [3.05, 3.63) is 28.6 Å². The van der Waals surface area contributed by atoms with E-state index in [1.54, 1.807) is 22.7 Å². The number of thiophene rings is 1. The molecule has 2 aromatic heterocycles. The highest BCUT2D eigenvalue weighted by Gasteiger charge is 2.29. The average Bonchev–Trinajstić information content (AvgIpc) is 3.17. The summed E-state index contributed by atoms with van der Waals surface area (Å²) in [5.41, 5.74) is 0.848. The molecule has 4 nitrogen and oxygen atoms in total. The highest BCUT2D eigenvalue weighted by Crippen LogP contribution is 2.28. The smallest absolute Gasteiger partial charge is 0.228 e. The van der Waals surface area contributed by atoms with Gasteiger partial charge in [-0.05, 0) is 11.4 Å². The Morgan fingerprint density at radius 3 is 2.57 bits per heavy atom. The third kappa shape index (κ3) is 4.00. The summed E-state index contributed by atoms with van der Waals surface area (Å²) in [5, 5.41) is 5.35. The topological polar surface area (TPSA) is 36.4 Å². The first kappa shape index (κ1) is 16.6. The number of piperazine rings is 1. The van der Waals surface area contributed by atoms with Crippen LogP contribution in [0.25, 0.3) is 9.88 Å². The van der Waals surface area contributed by atoms with Crippen molar-refractivity contribution in [1.29, 1.82) is 0 Å². The van der Waals surface area contributed by atoms with E-state index in [-0.39, 0.29) is 11.3 Å². The predicted molar refractivity (Wildman–Crippen MR) is 96.7 cm³/mol. The van der Waals surface area contributed by atoms with Gasteiger partial charge >= 0.3 is 0 Å². The van der Waals surface area contributed by atoms with Gasteiger partial charge in [0.25, 0.3) is 0 Å². The average molecular weight is 350 g/mol. The Balaban J connectivity index is 1.54. The van der Waals surface area contributed by atoms with Gasteiger partial charge in [0.15, 0.2) is 0 Å². The molecule has 1 aliphatic heterocycles. The molecule has 3 heterocycles. The van der Waals surface area contributed by atoms with Crippen molar-refractivity contribution in [2.75, 3.05) is 26.2 Å². The van der Waals surface area contributed by atoms with Crippen LogP contribution in [0.3, 0.4) is 0 Å². The standard InChI is InChI=1S/C17H23N3OS2/c1-17(2,3)16(21)20-8-6-19(7-9-20)11-13-12-23-15(18-13)14-5-4-10-22-14/h4-5,10,12H,6-9,11H2,1-3H3. The molecule has 0 unspecified atom stereocenters. The molecule has 1 amide bonds. The third-order valence-electron chi connectivity index (χ3n) is 3.97. The van der Waals surface area contributed by atoms with E-state index in [0.29, 0.717) is 0 Å². The first-order valence-corrected chi connectivity index (χ1v) is 9.69. The van der Waals surface area contributed by atoms with E-state index in [1.807, 2.05) is 25.7 Å². The summed E-state index contributed by atoms with van der Waals surface area (Å²) in [5.74, 6) is 0.255. The highest BCUT2D eigenvalue weighted by atomic mass is 32.1. The lowest BCUT2D eigenvalue weighted by atomic mass is 9.94. The van der Waals surface area contributed by atoms with E-state index in [1.165, 1.54) is 4.88 Å². The molecule has 1 fully saturated rings. The number of thiazole rings is 1. The predicted octanol–water partition coefficient (Wildman–Crippen LogP) is 3.56. The van der Waals surface area contributed by atoms with E-state index in [2.05, 4.69) is 27.8 Å². The molecule has 2 aromatic rings. The van der Waals surface area contributed by atoms with Crippen molar-refractivity contribution in [3.63, 3.8) is 0 Å². The zero-order valence-electron chi connectivity index (χ0n) is 13.9. The fourth-order valence-corrected chi connectivity index (χ4v) is 4.33. The van der Waals surface area contributed by atoms with Crippen molar-refractivity contribution in [2.45, 2.75) is 27.3 Å². The van der Waals surface area contributed by atoms with Gasteiger partial charge in [-0.15, -0.1) is 22.7 Å². The fraction of sp³-hybridized carbons (Fsp3) is 0.529. The summed E-state index contributed by atoms with van der Waals surface area (Å²) >= 11 is 3.44. The molecule has 0 N–H and O–H groups in total. The largest absolute Gasteiger partial charge is 0.340 e. The molecule has 1 saturated heterocycles. The summed E-state index contributed by atoms with van der Waals surface area (Å²) in [6.45, 7) is 10.3. The monoisotopic (exact) mass is 349 g/mol. The Kier molecular flexibility index (Phi) is 4.85. The van der Waals surface area contributed by atoms with Crippen LogP contribution in [0.5, 0.6) is 0 Å². The van der Waals surface area contributed by atoms with E-state index in [9.17, 15) is 4.79 Å². The molecule has 124 valence electrons. The maximum Gasteiger partial charge on any atom is 0.228 e. The van der Waals surface area contributed by atoms with Crippen LogP contribution in [-0.2, 0) is 11.3 Å². The quantitative estimate of drug-likeness (QED) is 0.850. The lowest BCUT2D eigenvalue weighted by Gasteiger charge is -2.37. The molecular formula is C17H23N3OS2. The second kappa shape index (κ2) is 6.71. The molecule has 23 heavy (non-hydrogen) atoms. The van der Waals surface area contributed by atoms with Crippen molar-refractivity contribution >= 4 is 28.6 Å². The molecule has 0 aromatic carbocycles. The van der Waals surface area contributed by atoms with E-state index < -0.39 is 0 Å². The molecular weight excluding hydrogens is 326 g/mol. The van der Waals surface area contributed by atoms with Crippen molar-refractivity contribution in [1.82, 2.24) is 14.8 Å². The van der Waals surface area contributed by atoms with Gasteiger partial charge < -0.3 is 4.90 Å². The van der Waals surface area contributed by atoms with Gasteiger partial charge in [0, 0.05) is 43.5 Å². The van der Waals surface area contributed by atoms with E-state index in [0.717, 1.165) is 43.4 Å². The van der Waals surface area contributed by atoms with Crippen LogP contribution in [0.4, 0.5) is 0 Å². The lowest BCUT2D eigenvalue weighted by molar-refractivity contribution is -0.141. The maximum atomic E-state index is 12.3. The number of carbonyl (C=O) groups is 1. The third-order valence-corrected chi connectivity index (χ3v) is 5.90. The van der Waals surface area contributed by atoms with E-state index in [4.69, 9.17) is 4.98 Å². The summed E-state index contributed by atoms with van der Waals surface area (Å²) < 4.78 is 0. The minimum Gasteiger partial charge on any atom is -0.340 e. The SMILES string of the molecule is CC(C)(C)C(=O)N1CCN(Cc2csc(-c3cccs3)n2)CC1. The Hall–Kier alpha value is -1.24. The Labute approximate surface area is 145 Å². The molecule has 0 radical (unpaired) electrons. The van der Waals surface area contributed by atoms with Gasteiger partial charge in [-0.3, -0.25) is 9.69 Å². The molecule has 6 heteroatoms. The van der Waals surface area contributed by atoms with Crippen molar-refractivity contribution in [3.8, 4) is 9.88 Å². The molecule has 3 rings (SSSR count). The molecule has 0 atom stereocenters. The number of carbonyl (C=O) groups excluding carboxylic acids is 1. The Bertz CT molecular complexity index is 650. The second-order valence-electron chi connectivity index (χ2n) is 6.94. The molecule has 0 aliphatic carbocycles. The van der Waals surface area contributed by atoms with E-state index >= 15 is 0 Å². The first-order valence-electron chi connectivity index (χ1n) is 7.93. The minimum atomic E-state index is -0.285. The lowest BCUT2D eigenvalue weighted by Crippen LogP contribution is -2.51. The summed E-state index contributed by atoms with van der Waals surface area (Å²) in [6.07, 6.45) is 0. The summed E-state index contributed by atoms with van der Waals surface area (Å²) in [4.78, 5) is 22.7. The molecule has 0 saturated carbocycles. The highest BCUT2D eigenvalue weighted by molar-refractivity contribution is 7.20. The maximum absolute atomic E-state index is 12.3. The number of hydrogen-bond donors (Lipinski definition) is 0. The van der Waals surface area contributed by atoms with Crippen LogP contribution < -0.4 is 0 Å². The van der Waals surface area contributed by atoms with Crippen LogP contribution in [0.15, 0.2) is 22.9 Å². The van der Waals surface area contributed by atoms with Gasteiger partial charge in [0.2, 0.25) is 5.91 Å². The number of rotatable bonds is 3. The molecule has 0 bridgehead atoms. The number of nitrogens with zero attached hydrogens (tertiary/aromatic N) is 3. The second-order valence-corrected chi connectivity index (χ2v) is 8.75. The first-order chi connectivity index (χ1) is 10.9. The van der Waals surface area contributed by atoms with Crippen LogP contribution in [0.1, 0.15) is 26.5 Å². The van der Waals surface area contributed by atoms with Gasteiger partial charge in [-0.25, -0.2) is 4.98 Å². The zero-order valence-corrected chi connectivity index (χ0v) is 15.5. The summed E-state index contributed by atoms with van der Waals surface area (Å²) in [7, 11) is 0. The van der Waals surface area contributed by atoms with Gasteiger partial charge in [0.05, 0.1) is 10.6 Å². The van der Waals surface area contributed by atoms with Crippen LogP contribution in [0, 0.1) is 5.41 Å². The fourth-order valence-electron chi connectivity index (χ4n) is 2.71. The number of hydrogen-bond acceptors (Lipinski definition) is 5. The minimum absolute atomic E-state index is 0.255. The van der Waals surface area contributed by atoms with Crippen LogP contribution in [0.2, 0.25) is 0 Å². The van der Waals surface area contributed by atoms with Gasteiger partial charge in [-0.2, -0.15) is 0 Å². The Morgan fingerprint density at radius 2 is 1.96 bits per heavy atom. The van der Waals surface area contributed by atoms with Gasteiger partial charge in [0.1, 0.15) is 5.01 Å². The number of aromatic nitrogens is 1. The van der Waals surface area contributed by atoms with Crippen LogP contribution >= 0.6 is 22.7 Å². The normalized spacial score (nSPS) is 16.7. The summed E-state index contributed by atoms with van der Waals surface area (Å²) in [6, 6.07) is 4.18.